The average molecular weight is 222 g/mol. The average Bonchev–Trinajstić information content (AvgIpc) is 2.25. The standard InChI is InChI=1S/C12H18N2O2/c1-12(2,16)8-14-11(15)9-6-4-5-7-10(9)13-3/h4-7,13,16H,8H2,1-3H3,(H,14,15). The van der Waals surface area contributed by atoms with E-state index in [4.69, 9.17) is 0 Å². The van der Waals surface area contributed by atoms with Gasteiger partial charge in [0, 0.05) is 19.3 Å². The second-order valence-corrected chi connectivity index (χ2v) is 4.29. The molecule has 0 unspecified atom stereocenters. The Hall–Kier alpha value is -1.55. The van der Waals surface area contributed by atoms with Crippen LogP contribution in [0.25, 0.3) is 0 Å². The molecule has 0 aliphatic heterocycles. The van der Waals surface area contributed by atoms with E-state index < -0.39 is 5.60 Å². The predicted molar refractivity (Wildman–Crippen MR) is 64.6 cm³/mol. The van der Waals surface area contributed by atoms with E-state index >= 15 is 0 Å². The van der Waals surface area contributed by atoms with Crippen LogP contribution in [-0.2, 0) is 0 Å². The largest absolute Gasteiger partial charge is 0.389 e. The number of carbonyl (C=O) groups is 1. The van der Waals surface area contributed by atoms with Crippen molar-refractivity contribution in [3.05, 3.63) is 29.8 Å². The molecule has 0 aromatic heterocycles. The minimum absolute atomic E-state index is 0.188. The van der Waals surface area contributed by atoms with Gasteiger partial charge >= 0.3 is 0 Å². The molecule has 0 radical (unpaired) electrons. The van der Waals surface area contributed by atoms with Crippen molar-refractivity contribution in [2.45, 2.75) is 19.4 Å². The van der Waals surface area contributed by atoms with Crippen molar-refractivity contribution in [2.75, 3.05) is 18.9 Å². The zero-order valence-electron chi connectivity index (χ0n) is 9.87. The van der Waals surface area contributed by atoms with E-state index in [1.807, 2.05) is 12.1 Å². The van der Waals surface area contributed by atoms with Crippen molar-refractivity contribution in [3.63, 3.8) is 0 Å². The SMILES string of the molecule is CNc1ccccc1C(=O)NCC(C)(C)O. The molecule has 0 saturated carbocycles. The van der Waals surface area contributed by atoms with Gasteiger partial charge in [-0.1, -0.05) is 12.1 Å². The summed E-state index contributed by atoms with van der Waals surface area (Å²) in [4.78, 5) is 11.8. The molecule has 16 heavy (non-hydrogen) atoms. The highest BCUT2D eigenvalue weighted by molar-refractivity contribution is 5.99. The number of anilines is 1. The number of para-hydroxylation sites is 1. The van der Waals surface area contributed by atoms with Crippen LogP contribution in [0.15, 0.2) is 24.3 Å². The molecule has 0 aliphatic carbocycles. The lowest BCUT2D eigenvalue weighted by atomic mass is 10.1. The Balaban J connectivity index is 2.73. The Labute approximate surface area is 95.7 Å². The topological polar surface area (TPSA) is 61.4 Å². The highest BCUT2D eigenvalue weighted by atomic mass is 16.3. The smallest absolute Gasteiger partial charge is 0.253 e. The van der Waals surface area contributed by atoms with E-state index in [0.717, 1.165) is 5.69 Å². The van der Waals surface area contributed by atoms with Crippen LogP contribution in [0.3, 0.4) is 0 Å². The summed E-state index contributed by atoms with van der Waals surface area (Å²) in [5.74, 6) is -0.188. The lowest BCUT2D eigenvalue weighted by Crippen LogP contribution is -2.38. The third-order valence-electron chi connectivity index (χ3n) is 2.12. The first kappa shape index (κ1) is 12.5. The zero-order chi connectivity index (χ0) is 12.2. The van der Waals surface area contributed by atoms with E-state index in [-0.39, 0.29) is 12.5 Å². The first-order chi connectivity index (χ1) is 7.44. The Morgan fingerprint density at radius 2 is 2.00 bits per heavy atom. The van der Waals surface area contributed by atoms with Gasteiger partial charge in [0.15, 0.2) is 0 Å². The lowest BCUT2D eigenvalue weighted by molar-refractivity contribution is 0.0694. The molecule has 0 fully saturated rings. The highest BCUT2D eigenvalue weighted by Crippen LogP contribution is 2.13. The molecule has 1 rings (SSSR count). The summed E-state index contributed by atoms with van der Waals surface area (Å²) in [6.45, 7) is 3.53. The van der Waals surface area contributed by atoms with Gasteiger partial charge in [-0.2, -0.15) is 0 Å². The number of hydrogen-bond acceptors (Lipinski definition) is 3. The summed E-state index contributed by atoms with van der Waals surface area (Å²) in [6, 6.07) is 7.24. The van der Waals surface area contributed by atoms with Crippen molar-refractivity contribution in [3.8, 4) is 0 Å². The normalized spacial score (nSPS) is 11.0. The number of amides is 1. The zero-order valence-corrected chi connectivity index (χ0v) is 9.87. The van der Waals surface area contributed by atoms with E-state index in [1.54, 1.807) is 33.0 Å². The van der Waals surface area contributed by atoms with E-state index in [9.17, 15) is 9.90 Å². The quantitative estimate of drug-likeness (QED) is 0.718. The van der Waals surface area contributed by atoms with Gasteiger partial charge in [0.1, 0.15) is 0 Å². The lowest BCUT2D eigenvalue weighted by Gasteiger charge is -2.18. The molecular formula is C12H18N2O2. The van der Waals surface area contributed by atoms with E-state index in [2.05, 4.69) is 10.6 Å². The molecule has 4 nitrogen and oxygen atoms in total. The van der Waals surface area contributed by atoms with Gasteiger partial charge in [0.25, 0.3) is 5.91 Å². The molecule has 0 heterocycles. The second-order valence-electron chi connectivity index (χ2n) is 4.29. The van der Waals surface area contributed by atoms with Crippen LogP contribution in [0.4, 0.5) is 5.69 Å². The molecular weight excluding hydrogens is 204 g/mol. The monoisotopic (exact) mass is 222 g/mol. The van der Waals surface area contributed by atoms with Crippen molar-refractivity contribution >= 4 is 11.6 Å². The van der Waals surface area contributed by atoms with Crippen molar-refractivity contribution < 1.29 is 9.90 Å². The maximum Gasteiger partial charge on any atom is 0.253 e. The Kier molecular flexibility index (Phi) is 3.90. The third-order valence-corrected chi connectivity index (χ3v) is 2.12. The predicted octanol–water partition coefficient (Wildman–Crippen LogP) is 1.23. The fourth-order valence-electron chi connectivity index (χ4n) is 1.29. The van der Waals surface area contributed by atoms with Gasteiger partial charge in [0.2, 0.25) is 0 Å². The molecule has 3 N–H and O–H groups in total. The first-order valence-electron chi connectivity index (χ1n) is 5.21. The minimum Gasteiger partial charge on any atom is -0.389 e. The summed E-state index contributed by atoms with van der Waals surface area (Å²) in [7, 11) is 1.77. The molecule has 1 amide bonds. The van der Waals surface area contributed by atoms with Gasteiger partial charge in [0.05, 0.1) is 11.2 Å². The summed E-state index contributed by atoms with van der Waals surface area (Å²) >= 11 is 0. The third kappa shape index (κ3) is 3.55. The molecule has 0 aliphatic rings. The molecule has 4 heteroatoms. The van der Waals surface area contributed by atoms with Crippen LogP contribution in [0, 0.1) is 0 Å². The number of benzene rings is 1. The second kappa shape index (κ2) is 4.99. The fourth-order valence-corrected chi connectivity index (χ4v) is 1.29. The number of rotatable bonds is 4. The summed E-state index contributed by atoms with van der Waals surface area (Å²) in [5, 5.41) is 15.1. The van der Waals surface area contributed by atoms with Crippen LogP contribution < -0.4 is 10.6 Å². The number of carbonyl (C=O) groups excluding carboxylic acids is 1. The van der Waals surface area contributed by atoms with E-state index in [0.29, 0.717) is 5.56 Å². The van der Waals surface area contributed by atoms with Gasteiger partial charge < -0.3 is 15.7 Å². The molecule has 0 spiro atoms. The van der Waals surface area contributed by atoms with E-state index in [1.165, 1.54) is 0 Å². The van der Waals surface area contributed by atoms with Crippen LogP contribution in [0.2, 0.25) is 0 Å². The molecule has 1 aromatic rings. The van der Waals surface area contributed by atoms with Crippen molar-refractivity contribution in [2.24, 2.45) is 0 Å². The number of aliphatic hydroxyl groups is 1. The van der Waals surface area contributed by atoms with Crippen LogP contribution in [-0.4, -0.2) is 30.2 Å². The van der Waals surface area contributed by atoms with Crippen LogP contribution in [0.1, 0.15) is 24.2 Å². The summed E-state index contributed by atoms with van der Waals surface area (Å²) < 4.78 is 0. The number of hydrogen-bond donors (Lipinski definition) is 3. The molecule has 0 saturated heterocycles. The van der Waals surface area contributed by atoms with Gasteiger partial charge in [-0.3, -0.25) is 4.79 Å². The summed E-state index contributed by atoms with van der Waals surface area (Å²) in [6.07, 6.45) is 0. The Morgan fingerprint density at radius 1 is 1.38 bits per heavy atom. The minimum atomic E-state index is -0.899. The van der Waals surface area contributed by atoms with Crippen LogP contribution in [0.5, 0.6) is 0 Å². The van der Waals surface area contributed by atoms with Gasteiger partial charge in [-0.05, 0) is 26.0 Å². The van der Waals surface area contributed by atoms with Crippen molar-refractivity contribution in [1.82, 2.24) is 5.32 Å². The van der Waals surface area contributed by atoms with Gasteiger partial charge in [-0.25, -0.2) is 0 Å². The Morgan fingerprint density at radius 3 is 2.56 bits per heavy atom. The molecule has 88 valence electrons. The van der Waals surface area contributed by atoms with Gasteiger partial charge in [-0.15, -0.1) is 0 Å². The molecule has 1 aromatic carbocycles. The highest BCUT2D eigenvalue weighted by Gasteiger charge is 2.16. The number of nitrogens with one attached hydrogen (secondary N) is 2. The fraction of sp³-hybridized carbons (Fsp3) is 0.417. The molecule has 0 bridgehead atoms. The summed E-state index contributed by atoms with van der Waals surface area (Å²) in [5.41, 5.74) is 0.453. The van der Waals surface area contributed by atoms with Crippen LogP contribution >= 0.6 is 0 Å². The Bertz CT molecular complexity index is 370. The maximum atomic E-state index is 11.8. The maximum absolute atomic E-state index is 11.8. The first-order valence-corrected chi connectivity index (χ1v) is 5.21. The molecule has 0 atom stereocenters. The van der Waals surface area contributed by atoms with Crippen molar-refractivity contribution in [1.29, 1.82) is 0 Å².